The number of ether oxygens (including phenoxy) is 1. The highest BCUT2D eigenvalue weighted by molar-refractivity contribution is 5.81. The van der Waals surface area contributed by atoms with Crippen LogP contribution in [-0.4, -0.2) is 24.5 Å². The Balaban J connectivity index is 1.39. The zero-order valence-corrected chi connectivity index (χ0v) is 12.6. The predicted molar refractivity (Wildman–Crippen MR) is 79.4 cm³/mol. The number of esters is 1. The average Bonchev–Trinajstić information content (AvgIpc) is 3.02. The summed E-state index contributed by atoms with van der Waals surface area (Å²) in [5.41, 5.74) is 0. The molecule has 2 bridgehead atoms. The van der Waals surface area contributed by atoms with Crippen LogP contribution in [0.1, 0.15) is 51.4 Å². The van der Waals surface area contributed by atoms with Crippen molar-refractivity contribution in [1.29, 1.82) is 0 Å². The number of carbonyl (C=O) groups is 2. The molecule has 2 fully saturated rings. The molecule has 4 heteroatoms. The summed E-state index contributed by atoms with van der Waals surface area (Å²) in [6.45, 7) is -0.118. The lowest BCUT2D eigenvalue weighted by Crippen LogP contribution is -2.38. The highest BCUT2D eigenvalue weighted by atomic mass is 16.5. The largest absolute Gasteiger partial charge is 0.455 e. The summed E-state index contributed by atoms with van der Waals surface area (Å²) >= 11 is 0. The Morgan fingerprint density at radius 2 is 1.81 bits per heavy atom. The van der Waals surface area contributed by atoms with E-state index in [4.69, 9.17) is 4.74 Å². The lowest BCUT2D eigenvalue weighted by Gasteiger charge is -2.18. The molecule has 0 aromatic carbocycles. The molecular weight excluding hydrogens is 266 g/mol. The van der Waals surface area contributed by atoms with Gasteiger partial charge < -0.3 is 10.1 Å². The van der Waals surface area contributed by atoms with Crippen molar-refractivity contribution in [3.8, 4) is 0 Å². The van der Waals surface area contributed by atoms with Crippen LogP contribution in [0.5, 0.6) is 0 Å². The van der Waals surface area contributed by atoms with Gasteiger partial charge in [0.15, 0.2) is 6.61 Å². The molecule has 1 N–H and O–H groups in total. The van der Waals surface area contributed by atoms with Gasteiger partial charge in [-0.15, -0.1) is 0 Å². The fraction of sp³-hybridized carbons (Fsp3) is 0.765. The van der Waals surface area contributed by atoms with Crippen LogP contribution in [0.4, 0.5) is 0 Å². The van der Waals surface area contributed by atoms with Crippen molar-refractivity contribution in [2.45, 2.75) is 57.4 Å². The molecule has 116 valence electrons. The molecule has 21 heavy (non-hydrogen) atoms. The van der Waals surface area contributed by atoms with Gasteiger partial charge in [0, 0.05) is 6.04 Å². The number of carbonyl (C=O) groups excluding carboxylic acids is 2. The standard InChI is InChI=1S/C17H25NO3/c19-16(18-14-5-3-1-2-4-6-14)11-21-17(20)15-10-12-7-8-13(15)9-12/h7-8,12-15H,1-6,9-11H2,(H,18,19). The van der Waals surface area contributed by atoms with E-state index in [2.05, 4.69) is 17.5 Å². The number of rotatable bonds is 4. The molecule has 1 amide bonds. The molecule has 3 unspecified atom stereocenters. The Hall–Kier alpha value is -1.32. The lowest BCUT2D eigenvalue weighted by atomic mass is 9.94. The molecule has 3 aliphatic rings. The van der Waals surface area contributed by atoms with Gasteiger partial charge in [-0.05, 0) is 37.5 Å². The summed E-state index contributed by atoms with van der Waals surface area (Å²) in [4.78, 5) is 24.0. The Morgan fingerprint density at radius 1 is 1.05 bits per heavy atom. The molecule has 0 heterocycles. The maximum atomic E-state index is 12.1. The first-order valence-electron chi connectivity index (χ1n) is 8.36. The minimum absolute atomic E-state index is 0.0225. The number of hydrogen-bond donors (Lipinski definition) is 1. The molecule has 3 atom stereocenters. The Kier molecular flexibility index (Phi) is 4.61. The summed E-state index contributed by atoms with van der Waals surface area (Å²) in [6.07, 6.45) is 13.3. The van der Waals surface area contributed by atoms with Crippen LogP contribution in [0.25, 0.3) is 0 Å². The molecule has 0 saturated heterocycles. The molecule has 0 aromatic heterocycles. The molecule has 0 aromatic rings. The van der Waals surface area contributed by atoms with Gasteiger partial charge in [0.2, 0.25) is 0 Å². The fourth-order valence-electron chi connectivity index (χ4n) is 3.99. The molecule has 2 saturated carbocycles. The van der Waals surface area contributed by atoms with E-state index in [0.717, 1.165) is 25.7 Å². The number of nitrogens with one attached hydrogen (secondary N) is 1. The van der Waals surface area contributed by atoms with Gasteiger partial charge in [0.05, 0.1) is 5.92 Å². The van der Waals surface area contributed by atoms with Gasteiger partial charge in [0.25, 0.3) is 5.91 Å². The maximum Gasteiger partial charge on any atom is 0.310 e. The number of fused-ring (bicyclic) bond motifs is 2. The van der Waals surface area contributed by atoms with Crippen molar-refractivity contribution in [3.05, 3.63) is 12.2 Å². The zero-order valence-electron chi connectivity index (χ0n) is 12.6. The van der Waals surface area contributed by atoms with Gasteiger partial charge in [0.1, 0.15) is 0 Å². The smallest absolute Gasteiger partial charge is 0.310 e. The monoisotopic (exact) mass is 291 g/mol. The highest BCUT2D eigenvalue weighted by Gasteiger charge is 2.40. The van der Waals surface area contributed by atoms with Gasteiger partial charge >= 0.3 is 5.97 Å². The van der Waals surface area contributed by atoms with Gasteiger partial charge in [-0.2, -0.15) is 0 Å². The number of amides is 1. The first kappa shape index (κ1) is 14.6. The van der Waals surface area contributed by atoms with E-state index in [0.29, 0.717) is 11.8 Å². The highest BCUT2D eigenvalue weighted by Crippen LogP contribution is 2.43. The van der Waals surface area contributed by atoms with E-state index < -0.39 is 0 Å². The zero-order chi connectivity index (χ0) is 14.7. The minimum Gasteiger partial charge on any atom is -0.455 e. The Labute approximate surface area is 126 Å². The topological polar surface area (TPSA) is 55.4 Å². The van der Waals surface area contributed by atoms with Crippen LogP contribution in [0.15, 0.2) is 12.2 Å². The fourth-order valence-corrected chi connectivity index (χ4v) is 3.99. The first-order valence-corrected chi connectivity index (χ1v) is 8.36. The molecule has 3 aliphatic carbocycles. The molecular formula is C17H25NO3. The Bertz CT molecular complexity index is 424. The normalized spacial score (nSPS) is 31.9. The van der Waals surface area contributed by atoms with Crippen LogP contribution in [0.2, 0.25) is 0 Å². The van der Waals surface area contributed by atoms with Crippen molar-refractivity contribution in [2.24, 2.45) is 17.8 Å². The van der Waals surface area contributed by atoms with Gasteiger partial charge in [-0.3, -0.25) is 9.59 Å². The number of hydrogen-bond acceptors (Lipinski definition) is 3. The van der Waals surface area contributed by atoms with Crippen molar-refractivity contribution in [3.63, 3.8) is 0 Å². The number of allylic oxidation sites excluding steroid dienone is 2. The molecule has 4 nitrogen and oxygen atoms in total. The van der Waals surface area contributed by atoms with E-state index in [9.17, 15) is 9.59 Å². The summed E-state index contributed by atoms with van der Waals surface area (Å²) in [7, 11) is 0. The van der Waals surface area contributed by atoms with Crippen LogP contribution in [0.3, 0.4) is 0 Å². The molecule has 0 radical (unpaired) electrons. The molecule has 0 aliphatic heterocycles. The summed E-state index contributed by atoms with van der Waals surface area (Å²) in [5, 5.41) is 3.01. The second-order valence-electron chi connectivity index (χ2n) is 6.75. The second-order valence-corrected chi connectivity index (χ2v) is 6.75. The SMILES string of the molecule is O=C(COC(=O)C1CC2C=CC1C2)NC1CCCCCC1. The van der Waals surface area contributed by atoms with E-state index >= 15 is 0 Å². The third kappa shape index (κ3) is 3.66. The van der Waals surface area contributed by atoms with Gasteiger partial charge in [-0.1, -0.05) is 37.8 Å². The van der Waals surface area contributed by atoms with Crippen molar-refractivity contribution in [2.75, 3.05) is 6.61 Å². The van der Waals surface area contributed by atoms with Gasteiger partial charge in [-0.25, -0.2) is 0 Å². The second kappa shape index (κ2) is 6.63. The maximum absolute atomic E-state index is 12.1. The van der Waals surface area contributed by atoms with Crippen LogP contribution in [-0.2, 0) is 14.3 Å². The van der Waals surface area contributed by atoms with Crippen LogP contribution < -0.4 is 5.32 Å². The summed E-state index contributed by atoms with van der Waals surface area (Å²) in [6, 6.07) is 0.268. The van der Waals surface area contributed by atoms with Crippen molar-refractivity contribution < 1.29 is 14.3 Å². The third-order valence-electron chi connectivity index (χ3n) is 5.15. The summed E-state index contributed by atoms with van der Waals surface area (Å²) < 4.78 is 5.23. The molecule has 3 rings (SSSR count). The third-order valence-corrected chi connectivity index (χ3v) is 5.15. The lowest BCUT2D eigenvalue weighted by molar-refractivity contribution is -0.153. The van der Waals surface area contributed by atoms with Crippen molar-refractivity contribution >= 4 is 11.9 Å². The van der Waals surface area contributed by atoms with E-state index in [-0.39, 0.29) is 30.4 Å². The minimum atomic E-state index is -0.192. The average molecular weight is 291 g/mol. The van der Waals surface area contributed by atoms with Crippen LogP contribution >= 0.6 is 0 Å². The van der Waals surface area contributed by atoms with E-state index in [1.807, 2.05) is 0 Å². The van der Waals surface area contributed by atoms with E-state index in [1.54, 1.807) is 0 Å². The predicted octanol–water partition coefficient (Wildman–Crippen LogP) is 2.58. The summed E-state index contributed by atoms with van der Waals surface area (Å²) in [5.74, 6) is 0.530. The van der Waals surface area contributed by atoms with E-state index in [1.165, 1.54) is 25.7 Å². The Morgan fingerprint density at radius 3 is 2.43 bits per heavy atom. The van der Waals surface area contributed by atoms with Crippen LogP contribution in [0, 0.1) is 17.8 Å². The molecule has 0 spiro atoms. The first-order chi connectivity index (χ1) is 10.2. The van der Waals surface area contributed by atoms with Crippen molar-refractivity contribution in [1.82, 2.24) is 5.32 Å². The quantitative estimate of drug-likeness (QED) is 0.492.